The summed E-state index contributed by atoms with van der Waals surface area (Å²) in [5.41, 5.74) is 1.35. The van der Waals surface area contributed by atoms with E-state index in [0.29, 0.717) is 0 Å². The third-order valence-electron chi connectivity index (χ3n) is 2.15. The molecule has 4 heteroatoms. The third kappa shape index (κ3) is 4.87. The number of nitrogens with one attached hydrogen (secondary N) is 1. The van der Waals surface area contributed by atoms with E-state index in [1.54, 1.807) is 7.11 Å². The Balaban J connectivity index is 2.57. The van der Waals surface area contributed by atoms with E-state index in [-0.39, 0.29) is 0 Å². The van der Waals surface area contributed by atoms with E-state index in [9.17, 15) is 0 Å². The predicted molar refractivity (Wildman–Crippen MR) is 74.1 cm³/mol. The Kier molecular flexibility index (Phi) is 7.12. The summed E-state index contributed by atoms with van der Waals surface area (Å²) in [5.74, 6) is 1.10. The van der Waals surface area contributed by atoms with Crippen LogP contribution in [0.5, 0.6) is 0 Å². The van der Waals surface area contributed by atoms with Crippen molar-refractivity contribution in [2.45, 2.75) is 17.9 Å². The topological polar surface area (TPSA) is 21.3 Å². The maximum Gasteiger partial charge on any atom is 0.0470 e. The zero-order valence-electron chi connectivity index (χ0n) is 9.75. The average Bonchev–Trinajstić information content (AvgIpc) is 2.28. The van der Waals surface area contributed by atoms with Crippen molar-refractivity contribution in [3.05, 3.63) is 28.2 Å². The fraction of sp³-hybridized carbons (Fsp3) is 0.500. The van der Waals surface area contributed by atoms with Gasteiger partial charge in [0.2, 0.25) is 0 Å². The zero-order valence-corrected chi connectivity index (χ0v) is 12.2. The maximum absolute atomic E-state index is 5.05. The molecule has 0 aromatic heterocycles. The first-order valence-corrected chi connectivity index (χ1v) is 7.10. The Labute approximate surface area is 110 Å². The molecule has 0 saturated heterocycles. The van der Waals surface area contributed by atoms with Gasteiger partial charge in [0, 0.05) is 35.4 Å². The summed E-state index contributed by atoms with van der Waals surface area (Å²) < 4.78 is 6.19. The van der Waals surface area contributed by atoms with Crippen molar-refractivity contribution in [1.82, 2.24) is 5.32 Å². The summed E-state index contributed by atoms with van der Waals surface area (Å²) in [7, 11) is 3.72. The molecule has 0 atom stereocenters. The van der Waals surface area contributed by atoms with E-state index in [1.807, 2.05) is 18.8 Å². The van der Waals surface area contributed by atoms with Crippen molar-refractivity contribution >= 4 is 27.7 Å². The minimum absolute atomic E-state index is 0.836. The number of hydrogen-bond donors (Lipinski definition) is 1. The number of ether oxygens (including phenoxy) is 1. The number of methoxy groups -OCH3 is 1. The predicted octanol–water partition coefficient (Wildman–Crippen LogP) is 3.30. The van der Waals surface area contributed by atoms with Crippen molar-refractivity contribution < 1.29 is 4.74 Å². The van der Waals surface area contributed by atoms with Gasteiger partial charge in [-0.15, -0.1) is 11.8 Å². The smallest absolute Gasteiger partial charge is 0.0470 e. The quantitative estimate of drug-likeness (QED) is 0.617. The Hall–Kier alpha value is -0.0300. The van der Waals surface area contributed by atoms with Gasteiger partial charge in [0.25, 0.3) is 0 Å². The molecule has 0 radical (unpaired) electrons. The van der Waals surface area contributed by atoms with E-state index >= 15 is 0 Å². The van der Waals surface area contributed by atoms with E-state index < -0.39 is 0 Å². The molecule has 0 unspecified atom stereocenters. The van der Waals surface area contributed by atoms with Crippen LogP contribution in [0.15, 0.2) is 27.6 Å². The highest BCUT2D eigenvalue weighted by Crippen LogP contribution is 2.27. The minimum Gasteiger partial charge on any atom is -0.385 e. The third-order valence-corrected chi connectivity index (χ3v) is 3.82. The molecule has 0 aliphatic rings. The molecule has 0 spiro atoms. The fourth-order valence-corrected chi connectivity index (χ4v) is 2.92. The summed E-state index contributed by atoms with van der Waals surface area (Å²) in [6.07, 6.45) is 1.09. The van der Waals surface area contributed by atoms with Crippen molar-refractivity contribution in [3.63, 3.8) is 0 Å². The second-order valence-electron chi connectivity index (χ2n) is 3.48. The molecule has 16 heavy (non-hydrogen) atoms. The molecule has 0 aliphatic heterocycles. The largest absolute Gasteiger partial charge is 0.385 e. The highest BCUT2D eigenvalue weighted by atomic mass is 79.9. The van der Waals surface area contributed by atoms with Crippen LogP contribution in [0.1, 0.15) is 12.0 Å². The lowest BCUT2D eigenvalue weighted by Crippen LogP contribution is -2.06. The first-order valence-electron chi connectivity index (χ1n) is 5.32. The maximum atomic E-state index is 5.05. The summed E-state index contributed by atoms with van der Waals surface area (Å²) in [6, 6.07) is 6.44. The van der Waals surface area contributed by atoms with Crippen LogP contribution in [0.2, 0.25) is 0 Å². The first-order chi connectivity index (χ1) is 7.77. The van der Waals surface area contributed by atoms with Gasteiger partial charge in [-0.2, -0.15) is 0 Å². The molecule has 2 nitrogen and oxygen atoms in total. The number of thioether (sulfide) groups is 1. The molecule has 0 heterocycles. The van der Waals surface area contributed by atoms with Gasteiger partial charge in [-0.3, -0.25) is 0 Å². The number of hydrogen-bond acceptors (Lipinski definition) is 3. The van der Waals surface area contributed by atoms with Gasteiger partial charge < -0.3 is 10.1 Å². The Bertz CT molecular complexity index is 320. The molecule has 1 rings (SSSR count). The van der Waals surface area contributed by atoms with Crippen molar-refractivity contribution in [1.29, 1.82) is 0 Å². The molecule has 0 fully saturated rings. The molecule has 90 valence electrons. The molecule has 0 amide bonds. The van der Waals surface area contributed by atoms with Crippen molar-refractivity contribution in [3.8, 4) is 0 Å². The molecular weight excluding hydrogens is 286 g/mol. The highest BCUT2D eigenvalue weighted by molar-refractivity contribution is 9.10. The van der Waals surface area contributed by atoms with E-state index in [4.69, 9.17) is 4.74 Å². The van der Waals surface area contributed by atoms with Crippen LogP contribution in [0.4, 0.5) is 0 Å². The molecule has 0 aliphatic carbocycles. The van der Waals surface area contributed by atoms with Gasteiger partial charge in [-0.25, -0.2) is 0 Å². The second-order valence-corrected chi connectivity index (χ2v) is 5.53. The van der Waals surface area contributed by atoms with Gasteiger partial charge in [0.05, 0.1) is 0 Å². The van der Waals surface area contributed by atoms with Crippen molar-refractivity contribution in [2.24, 2.45) is 0 Å². The molecule has 0 saturated carbocycles. The molecular formula is C12H18BrNOS. The van der Waals surface area contributed by atoms with E-state index in [2.05, 4.69) is 39.4 Å². The fourth-order valence-electron chi connectivity index (χ4n) is 1.38. The minimum atomic E-state index is 0.836. The Morgan fingerprint density at radius 2 is 2.25 bits per heavy atom. The SMILES string of the molecule is CNCc1ccc(Br)cc1SCCCOC. The monoisotopic (exact) mass is 303 g/mol. The zero-order chi connectivity index (χ0) is 11.8. The summed E-state index contributed by atoms with van der Waals surface area (Å²) in [4.78, 5) is 1.35. The second kappa shape index (κ2) is 8.12. The van der Waals surface area contributed by atoms with E-state index in [1.165, 1.54) is 10.5 Å². The van der Waals surface area contributed by atoms with Crippen LogP contribution >= 0.6 is 27.7 Å². The van der Waals surface area contributed by atoms with Gasteiger partial charge in [0.1, 0.15) is 0 Å². The van der Waals surface area contributed by atoms with Crippen molar-refractivity contribution in [2.75, 3.05) is 26.5 Å². The number of rotatable bonds is 7. The van der Waals surface area contributed by atoms with Gasteiger partial charge in [-0.05, 0) is 31.2 Å². The van der Waals surface area contributed by atoms with Crippen LogP contribution in [0.25, 0.3) is 0 Å². The van der Waals surface area contributed by atoms with E-state index in [0.717, 1.165) is 29.8 Å². The van der Waals surface area contributed by atoms with Crippen LogP contribution in [-0.4, -0.2) is 26.5 Å². The highest BCUT2D eigenvalue weighted by Gasteiger charge is 2.03. The van der Waals surface area contributed by atoms with Crippen LogP contribution in [0, 0.1) is 0 Å². The average molecular weight is 304 g/mol. The van der Waals surface area contributed by atoms with Crippen LogP contribution in [0.3, 0.4) is 0 Å². The summed E-state index contributed by atoms with van der Waals surface area (Å²) in [6.45, 7) is 1.75. The lowest BCUT2D eigenvalue weighted by Gasteiger charge is -2.09. The molecule has 1 N–H and O–H groups in total. The lowest BCUT2D eigenvalue weighted by molar-refractivity contribution is 0.200. The molecule has 1 aromatic rings. The summed E-state index contributed by atoms with van der Waals surface area (Å²) in [5, 5.41) is 3.19. The van der Waals surface area contributed by atoms with Crippen LogP contribution < -0.4 is 5.32 Å². The number of benzene rings is 1. The lowest BCUT2D eigenvalue weighted by atomic mass is 10.2. The normalized spacial score (nSPS) is 10.7. The van der Waals surface area contributed by atoms with Gasteiger partial charge in [0.15, 0.2) is 0 Å². The van der Waals surface area contributed by atoms with Crippen LogP contribution in [-0.2, 0) is 11.3 Å². The Morgan fingerprint density at radius 3 is 2.94 bits per heavy atom. The first kappa shape index (κ1) is 14.0. The molecule has 0 bridgehead atoms. The Morgan fingerprint density at radius 1 is 1.44 bits per heavy atom. The summed E-state index contributed by atoms with van der Waals surface area (Å²) >= 11 is 5.40. The standard InChI is InChI=1S/C12H18BrNOS/c1-14-9-10-4-5-11(13)8-12(10)16-7-3-6-15-2/h4-5,8,14H,3,6-7,9H2,1-2H3. The number of halogens is 1. The van der Waals surface area contributed by atoms with Gasteiger partial charge in [-0.1, -0.05) is 22.0 Å². The van der Waals surface area contributed by atoms with Gasteiger partial charge >= 0.3 is 0 Å². The molecule has 1 aromatic carbocycles.